The fourth-order valence-corrected chi connectivity index (χ4v) is 3.71. The van der Waals surface area contributed by atoms with Crippen molar-refractivity contribution in [2.45, 2.75) is 0 Å². The molecule has 2 aromatic heterocycles. The second kappa shape index (κ2) is 6.12. The molecule has 2 heterocycles. The van der Waals surface area contributed by atoms with Crippen LogP contribution in [0.5, 0.6) is 0 Å². The molecule has 0 saturated heterocycles. The molecule has 0 spiro atoms. The third-order valence-electron chi connectivity index (χ3n) is 4.86. The molecule has 0 bridgehead atoms. The second-order valence-corrected chi connectivity index (χ2v) is 6.41. The summed E-state index contributed by atoms with van der Waals surface area (Å²) in [7, 11) is 0. The summed E-state index contributed by atoms with van der Waals surface area (Å²) in [5.74, 6) is 0. The lowest BCUT2D eigenvalue weighted by Gasteiger charge is -2.13. The maximum Gasteiger partial charge on any atom is 0.141 e. The van der Waals surface area contributed by atoms with Gasteiger partial charge in [-0.05, 0) is 30.3 Å². The number of benzene rings is 3. The van der Waals surface area contributed by atoms with E-state index in [1.807, 2.05) is 24.3 Å². The van der Waals surface area contributed by atoms with E-state index in [4.69, 9.17) is 0 Å². The maximum absolute atomic E-state index is 9.23. The van der Waals surface area contributed by atoms with Crippen molar-refractivity contribution < 1.29 is 0 Å². The molecule has 126 valence electrons. The summed E-state index contributed by atoms with van der Waals surface area (Å²) in [6.45, 7) is 0. The summed E-state index contributed by atoms with van der Waals surface area (Å²) < 4.78 is 2.28. The van der Waals surface area contributed by atoms with Gasteiger partial charge in [0.2, 0.25) is 0 Å². The van der Waals surface area contributed by atoms with Gasteiger partial charge in [0.1, 0.15) is 11.8 Å². The lowest BCUT2D eigenvalue weighted by molar-refractivity contribution is 1.17. The predicted molar refractivity (Wildman–Crippen MR) is 109 cm³/mol. The van der Waals surface area contributed by atoms with E-state index >= 15 is 0 Å². The summed E-state index contributed by atoms with van der Waals surface area (Å²) in [5, 5.41) is 11.7. The summed E-state index contributed by atoms with van der Waals surface area (Å²) in [6.07, 6.45) is 0. The predicted octanol–water partition coefficient (Wildman–Crippen LogP) is 5.72. The lowest BCUT2D eigenvalue weighted by Crippen LogP contribution is -1.98. The van der Waals surface area contributed by atoms with Crippen molar-refractivity contribution in [3.8, 4) is 23.0 Å². The van der Waals surface area contributed by atoms with Gasteiger partial charge in [-0.3, -0.25) is 0 Å². The zero-order chi connectivity index (χ0) is 18.2. The number of nitriles is 1. The molecule has 0 aliphatic heterocycles. The van der Waals surface area contributed by atoms with Gasteiger partial charge in [0, 0.05) is 16.3 Å². The number of rotatable bonds is 2. The van der Waals surface area contributed by atoms with Crippen molar-refractivity contribution in [2.75, 3.05) is 0 Å². The first-order valence-electron chi connectivity index (χ1n) is 8.82. The van der Waals surface area contributed by atoms with Crippen molar-refractivity contribution in [2.24, 2.45) is 0 Å². The number of pyridine rings is 1. The molecule has 3 nitrogen and oxygen atoms in total. The Hall–Kier alpha value is -3.90. The molecule has 0 fully saturated rings. The maximum atomic E-state index is 9.23. The van der Waals surface area contributed by atoms with Crippen LogP contribution in [-0.2, 0) is 0 Å². The number of fused-ring (bicyclic) bond motifs is 3. The van der Waals surface area contributed by atoms with Gasteiger partial charge in [-0.1, -0.05) is 60.7 Å². The van der Waals surface area contributed by atoms with Gasteiger partial charge in [-0.15, -0.1) is 0 Å². The number of hydrogen-bond donors (Lipinski definition) is 0. The molecule has 0 saturated carbocycles. The van der Waals surface area contributed by atoms with Gasteiger partial charge in [0.15, 0.2) is 0 Å². The van der Waals surface area contributed by atoms with Gasteiger partial charge in [0.25, 0.3) is 0 Å². The van der Waals surface area contributed by atoms with Crippen LogP contribution in [0.4, 0.5) is 0 Å². The fourth-order valence-electron chi connectivity index (χ4n) is 3.71. The largest absolute Gasteiger partial charge is 0.309 e. The van der Waals surface area contributed by atoms with Gasteiger partial charge in [-0.2, -0.15) is 5.26 Å². The summed E-state index contributed by atoms with van der Waals surface area (Å²) in [4.78, 5) is 4.52. The molecule has 27 heavy (non-hydrogen) atoms. The van der Waals surface area contributed by atoms with Gasteiger partial charge in [0.05, 0.1) is 22.4 Å². The second-order valence-electron chi connectivity index (χ2n) is 6.41. The smallest absolute Gasteiger partial charge is 0.141 e. The summed E-state index contributed by atoms with van der Waals surface area (Å²) in [5.41, 5.74) is 5.58. The Bertz CT molecular complexity index is 1290. The third kappa shape index (κ3) is 2.39. The van der Waals surface area contributed by atoms with E-state index in [-0.39, 0.29) is 0 Å². The molecule has 0 aliphatic carbocycles. The Labute approximate surface area is 156 Å². The molecule has 5 rings (SSSR count). The first-order valence-corrected chi connectivity index (χ1v) is 8.82. The van der Waals surface area contributed by atoms with Crippen LogP contribution < -0.4 is 0 Å². The first-order chi connectivity index (χ1) is 13.4. The van der Waals surface area contributed by atoms with E-state index in [9.17, 15) is 5.26 Å². The molecule has 5 aromatic rings. The van der Waals surface area contributed by atoms with Crippen LogP contribution >= 0.6 is 0 Å². The first kappa shape index (κ1) is 15.4. The van der Waals surface area contributed by atoms with Crippen LogP contribution in [-0.4, -0.2) is 9.55 Å². The zero-order valence-electron chi connectivity index (χ0n) is 14.5. The molecule has 0 N–H and O–H groups in total. The molecular formula is C24H15N3. The normalized spacial score (nSPS) is 10.9. The molecular weight excluding hydrogens is 330 g/mol. The quantitative estimate of drug-likeness (QED) is 0.411. The van der Waals surface area contributed by atoms with Crippen molar-refractivity contribution in [3.63, 3.8) is 0 Å². The average molecular weight is 345 g/mol. The van der Waals surface area contributed by atoms with Crippen LogP contribution in [0.2, 0.25) is 0 Å². The summed E-state index contributed by atoms with van der Waals surface area (Å²) >= 11 is 0. The number of hydrogen-bond acceptors (Lipinski definition) is 2. The van der Waals surface area contributed by atoms with Crippen molar-refractivity contribution in [3.05, 3.63) is 96.7 Å². The Morgan fingerprint density at radius 2 is 1.30 bits per heavy atom. The van der Waals surface area contributed by atoms with Crippen LogP contribution in [0.3, 0.4) is 0 Å². The monoisotopic (exact) mass is 345 g/mol. The van der Waals surface area contributed by atoms with Gasteiger partial charge in [-0.25, -0.2) is 4.98 Å². The van der Waals surface area contributed by atoms with Crippen LogP contribution in [0.15, 0.2) is 91.0 Å². The topological polar surface area (TPSA) is 41.6 Å². The van der Waals surface area contributed by atoms with Crippen molar-refractivity contribution >= 4 is 21.8 Å². The van der Waals surface area contributed by atoms with E-state index in [1.165, 1.54) is 10.8 Å². The highest BCUT2D eigenvalue weighted by Crippen LogP contribution is 2.35. The lowest BCUT2D eigenvalue weighted by atomic mass is 10.1. The molecule has 3 heteroatoms. The highest BCUT2D eigenvalue weighted by Gasteiger charge is 2.15. The van der Waals surface area contributed by atoms with Crippen molar-refractivity contribution in [1.82, 2.24) is 9.55 Å². The Kier molecular flexibility index (Phi) is 3.48. The zero-order valence-corrected chi connectivity index (χ0v) is 14.5. The Morgan fingerprint density at radius 3 is 2.00 bits per heavy atom. The van der Waals surface area contributed by atoms with Crippen LogP contribution in [0, 0.1) is 11.3 Å². The van der Waals surface area contributed by atoms with Gasteiger partial charge < -0.3 is 4.57 Å². The highest BCUT2D eigenvalue weighted by molar-refractivity contribution is 6.09. The number of aromatic nitrogens is 2. The van der Waals surface area contributed by atoms with E-state index in [0.29, 0.717) is 5.69 Å². The minimum atomic E-state index is 0.421. The Morgan fingerprint density at radius 1 is 0.667 bits per heavy atom. The van der Waals surface area contributed by atoms with E-state index in [2.05, 4.69) is 76.3 Å². The van der Waals surface area contributed by atoms with Crippen molar-refractivity contribution in [1.29, 1.82) is 5.26 Å². The number of para-hydroxylation sites is 3. The number of nitrogens with zero attached hydrogens (tertiary/aromatic N) is 3. The molecule has 0 amide bonds. The fraction of sp³-hybridized carbons (Fsp3) is 0. The average Bonchev–Trinajstić information content (AvgIpc) is 3.08. The standard InChI is InChI=1S/C24H15N3/c25-16-17-8-7-12-21(26-17)20-11-3-6-15-24(20)27-22-13-4-1-9-18(22)19-10-2-5-14-23(19)27/h1-15H. The SMILES string of the molecule is N#Cc1cccc(-c2ccccc2-n2c3ccccc3c3ccccc32)n1. The third-order valence-corrected chi connectivity index (χ3v) is 4.86. The molecule has 0 radical (unpaired) electrons. The van der Waals surface area contributed by atoms with Crippen LogP contribution in [0.25, 0.3) is 38.8 Å². The van der Waals surface area contributed by atoms with Crippen LogP contribution in [0.1, 0.15) is 5.69 Å². The van der Waals surface area contributed by atoms with E-state index < -0.39 is 0 Å². The van der Waals surface area contributed by atoms with E-state index in [0.717, 1.165) is 28.0 Å². The Balaban J connectivity index is 1.88. The molecule has 0 aliphatic rings. The highest BCUT2D eigenvalue weighted by atomic mass is 15.0. The summed E-state index contributed by atoms with van der Waals surface area (Å²) in [6, 6.07) is 32.8. The van der Waals surface area contributed by atoms with E-state index in [1.54, 1.807) is 6.07 Å². The molecule has 0 unspecified atom stereocenters. The molecule has 0 atom stereocenters. The minimum Gasteiger partial charge on any atom is -0.309 e. The van der Waals surface area contributed by atoms with Gasteiger partial charge >= 0.3 is 0 Å². The molecule has 3 aromatic carbocycles. The minimum absolute atomic E-state index is 0.421.